The smallest absolute Gasteiger partial charge is 0.221 e. The molecule has 2 amide bonds. The molecular formula is C38H77N3O2. The average Bonchev–Trinajstić information content (AvgIpc) is 3.00. The summed E-state index contributed by atoms with van der Waals surface area (Å²) in [7, 11) is 0. The van der Waals surface area contributed by atoms with E-state index in [1.165, 1.54) is 141 Å². The van der Waals surface area contributed by atoms with Crippen molar-refractivity contribution in [2.75, 3.05) is 13.1 Å². The van der Waals surface area contributed by atoms with Crippen molar-refractivity contribution in [2.45, 2.75) is 220 Å². The van der Waals surface area contributed by atoms with Crippen molar-refractivity contribution >= 4 is 11.8 Å². The molecule has 43 heavy (non-hydrogen) atoms. The summed E-state index contributed by atoms with van der Waals surface area (Å²) in [5.41, 5.74) is 0. The van der Waals surface area contributed by atoms with Crippen LogP contribution in [-0.4, -0.2) is 31.1 Å². The van der Waals surface area contributed by atoms with Gasteiger partial charge in [-0.15, -0.1) is 0 Å². The molecule has 5 nitrogen and oxygen atoms in total. The second-order valence-corrected chi connectivity index (χ2v) is 13.2. The molecule has 0 radical (unpaired) electrons. The van der Waals surface area contributed by atoms with Gasteiger partial charge >= 0.3 is 0 Å². The minimum Gasteiger partial charge on any atom is -0.336 e. The van der Waals surface area contributed by atoms with E-state index < -0.39 is 0 Å². The topological polar surface area (TPSA) is 70.2 Å². The number of rotatable bonds is 35. The summed E-state index contributed by atoms with van der Waals surface area (Å²) in [5.74, 6) is 0.148. The van der Waals surface area contributed by atoms with E-state index >= 15 is 0 Å². The zero-order valence-electron chi connectivity index (χ0n) is 29.5. The number of carbonyl (C=O) groups is 2. The predicted molar refractivity (Wildman–Crippen MR) is 188 cm³/mol. The first-order valence-electron chi connectivity index (χ1n) is 19.4. The van der Waals surface area contributed by atoms with E-state index in [0.717, 1.165) is 51.6 Å². The van der Waals surface area contributed by atoms with Crippen LogP contribution >= 0.6 is 0 Å². The maximum Gasteiger partial charge on any atom is 0.221 e. The van der Waals surface area contributed by atoms with Crippen LogP contribution in [0.4, 0.5) is 0 Å². The Morgan fingerprint density at radius 3 is 1.00 bits per heavy atom. The van der Waals surface area contributed by atoms with Crippen LogP contribution in [0.3, 0.4) is 0 Å². The van der Waals surface area contributed by atoms with Gasteiger partial charge in [0.2, 0.25) is 11.8 Å². The van der Waals surface area contributed by atoms with E-state index in [9.17, 15) is 9.59 Å². The van der Waals surface area contributed by atoms with Crippen molar-refractivity contribution in [3.05, 3.63) is 0 Å². The van der Waals surface area contributed by atoms with Crippen molar-refractivity contribution in [3.8, 4) is 0 Å². The fraction of sp³-hybridized carbons (Fsp3) is 0.947. The SMILES string of the molecule is CCCCCCCCCCCCCCCC(=O)NC(CCNCCC)NC(=O)CCCCCCCCCCCCCCC. The van der Waals surface area contributed by atoms with E-state index in [4.69, 9.17) is 0 Å². The molecule has 0 aromatic carbocycles. The van der Waals surface area contributed by atoms with Crippen LogP contribution in [0.2, 0.25) is 0 Å². The van der Waals surface area contributed by atoms with Gasteiger partial charge in [0.1, 0.15) is 6.17 Å². The monoisotopic (exact) mass is 608 g/mol. The van der Waals surface area contributed by atoms with Gasteiger partial charge < -0.3 is 16.0 Å². The summed E-state index contributed by atoms with van der Waals surface area (Å²) in [6.45, 7) is 8.47. The molecule has 0 saturated carbocycles. The molecule has 0 spiro atoms. The molecule has 0 aromatic rings. The van der Waals surface area contributed by atoms with Crippen molar-refractivity contribution in [1.29, 1.82) is 0 Å². The predicted octanol–water partition coefficient (Wildman–Crippen LogP) is 10.9. The van der Waals surface area contributed by atoms with Crippen LogP contribution in [0.1, 0.15) is 213 Å². The molecule has 0 saturated heterocycles. The highest BCUT2D eigenvalue weighted by Gasteiger charge is 2.14. The molecule has 0 heterocycles. The van der Waals surface area contributed by atoms with Crippen molar-refractivity contribution in [3.63, 3.8) is 0 Å². The number of hydrogen-bond acceptors (Lipinski definition) is 3. The van der Waals surface area contributed by atoms with Crippen molar-refractivity contribution < 1.29 is 9.59 Å². The lowest BCUT2D eigenvalue weighted by atomic mass is 10.0. The van der Waals surface area contributed by atoms with Crippen LogP contribution in [0, 0.1) is 0 Å². The van der Waals surface area contributed by atoms with E-state index in [1.807, 2.05) is 0 Å². The Morgan fingerprint density at radius 1 is 0.395 bits per heavy atom. The molecule has 0 unspecified atom stereocenters. The number of nitrogens with one attached hydrogen (secondary N) is 3. The molecule has 0 aliphatic rings. The highest BCUT2D eigenvalue weighted by Crippen LogP contribution is 2.14. The molecule has 0 aromatic heterocycles. The first-order chi connectivity index (χ1) is 21.1. The van der Waals surface area contributed by atoms with E-state index in [1.54, 1.807) is 0 Å². The van der Waals surface area contributed by atoms with Gasteiger partial charge in [-0.2, -0.15) is 0 Å². The van der Waals surface area contributed by atoms with E-state index in [2.05, 4.69) is 36.7 Å². The minimum absolute atomic E-state index is 0.0739. The van der Waals surface area contributed by atoms with Crippen LogP contribution in [0.5, 0.6) is 0 Å². The Morgan fingerprint density at radius 2 is 0.698 bits per heavy atom. The molecule has 3 N–H and O–H groups in total. The number of carbonyl (C=O) groups excluding carboxylic acids is 2. The molecule has 0 fully saturated rings. The molecular weight excluding hydrogens is 530 g/mol. The zero-order valence-corrected chi connectivity index (χ0v) is 29.5. The quantitative estimate of drug-likeness (QED) is 0.0496. The largest absolute Gasteiger partial charge is 0.336 e. The van der Waals surface area contributed by atoms with Gasteiger partial charge in [0.05, 0.1) is 0 Å². The summed E-state index contributed by atoms with van der Waals surface area (Å²) in [6, 6.07) is 0. The zero-order chi connectivity index (χ0) is 31.5. The Bertz CT molecular complexity index is 540. The second-order valence-electron chi connectivity index (χ2n) is 13.2. The van der Waals surface area contributed by atoms with E-state index in [-0.39, 0.29) is 18.0 Å². The third-order valence-corrected chi connectivity index (χ3v) is 8.72. The van der Waals surface area contributed by atoms with Crippen molar-refractivity contribution in [2.24, 2.45) is 0 Å². The second kappa shape index (κ2) is 35.4. The third kappa shape index (κ3) is 33.6. The van der Waals surface area contributed by atoms with Crippen LogP contribution in [-0.2, 0) is 9.59 Å². The molecule has 0 rings (SSSR count). The summed E-state index contributed by atoms with van der Waals surface area (Å²) >= 11 is 0. The Kier molecular flexibility index (Phi) is 34.5. The highest BCUT2D eigenvalue weighted by molar-refractivity contribution is 5.79. The summed E-state index contributed by atoms with van der Waals surface area (Å²) < 4.78 is 0. The minimum atomic E-state index is -0.270. The van der Waals surface area contributed by atoms with Gasteiger partial charge in [-0.05, 0) is 38.8 Å². The lowest BCUT2D eigenvalue weighted by Crippen LogP contribution is -2.49. The molecule has 0 aliphatic heterocycles. The third-order valence-electron chi connectivity index (χ3n) is 8.72. The standard InChI is InChI=1S/C38H77N3O2/c1-4-7-9-11-13-15-17-19-21-23-25-27-29-31-37(42)40-36(33-35-39-34-6-3)41-38(43)32-30-28-26-24-22-20-18-16-14-12-10-8-5-2/h36,39H,4-35H2,1-3H3,(H,40,42)(H,41,43). The van der Waals surface area contributed by atoms with Crippen LogP contribution in [0.25, 0.3) is 0 Å². The Balaban J connectivity index is 3.91. The fourth-order valence-electron chi connectivity index (χ4n) is 5.87. The van der Waals surface area contributed by atoms with Gasteiger partial charge in [-0.25, -0.2) is 0 Å². The van der Waals surface area contributed by atoms with Gasteiger partial charge in [-0.1, -0.05) is 175 Å². The molecule has 0 bridgehead atoms. The maximum atomic E-state index is 12.6. The first kappa shape index (κ1) is 41.9. The van der Waals surface area contributed by atoms with Gasteiger partial charge in [0.15, 0.2) is 0 Å². The van der Waals surface area contributed by atoms with Gasteiger partial charge in [-0.3, -0.25) is 9.59 Å². The van der Waals surface area contributed by atoms with E-state index in [0.29, 0.717) is 12.8 Å². The number of unbranched alkanes of at least 4 members (excludes halogenated alkanes) is 24. The Labute approximate surface area is 269 Å². The number of hydrogen-bond donors (Lipinski definition) is 3. The number of amides is 2. The van der Waals surface area contributed by atoms with Crippen LogP contribution < -0.4 is 16.0 Å². The summed E-state index contributed by atoms with van der Waals surface area (Å²) in [6.07, 6.45) is 36.7. The fourth-order valence-corrected chi connectivity index (χ4v) is 5.87. The average molecular weight is 608 g/mol. The molecule has 0 aliphatic carbocycles. The first-order valence-corrected chi connectivity index (χ1v) is 19.4. The molecule has 256 valence electrons. The normalized spacial score (nSPS) is 11.3. The highest BCUT2D eigenvalue weighted by atomic mass is 16.2. The molecule has 0 atom stereocenters. The Hall–Kier alpha value is -1.10. The van der Waals surface area contributed by atoms with Gasteiger partial charge in [0, 0.05) is 12.8 Å². The van der Waals surface area contributed by atoms with Crippen molar-refractivity contribution in [1.82, 2.24) is 16.0 Å². The van der Waals surface area contributed by atoms with Gasteiger partial charge in [0.25, 0.3) is 0 Å². The summed E-state index contributed by atoms with van der Waals surface area (Å²) in [4.78, 5) is 25.3. The lowest BCUT2D eigenvalue weighted by Gasteiger charge is -2.21. The lowest BCUT2D eigenvalue weighted by molar-refractivity contribution is -0.124. The molecule has 5 heteroatoms. The summed E-state index contributed by atoms with van der Waals surface area (Å²) in [5, 5.41) is 9.61. The maximum absolute atomic E-state index is 12.6. The van der Waals surface area contributed by atoms with Crippen LogP contribution in [0.15, 0.2) is 0 Å².